The molecule has 0 radical (unpaired) electrons. The van der Waals surface area contributed by atoms with E-state index in [2.05, 4.69) is 11.4 Å². The molecule has 1 heterocycles. The summed E-state index contributed by atoms with van der Waals surface area (Å²) in [4.78, 5) is 11.8. The highest BCUT2D eigenvalue weighted by Gasteiger charge is 2.37. The van der Waals surface area contributed by atoms with E-state index < -0.39 is 11.8 Å². The van der Waals surface area contributed by atoms with Crippen molar-refractivity contribution < 1.29 is 4.79 Å². The van der Waals surface area contributed by atoms with E-state index in [1.54, 1.807) is 6.92 Å². The van der Waals surface area contributed by atoms with Crippen molar-refractivity contribution in [3.05, 3.63) is 47.2 Å². The van der Waals surface area contributed by atoms with Crippen LogP contribution in [-0.4, -0.2) is 5.91 Å². The SMILES string of the molecule is CC1=C(C#N)C(c2ccccc2)C(C#N)C(=O)N1. The lowest BCUT2D eigenvalue weighted by molar-refractivity contribution is -0.123. The molecule has 18 heavy (non-hydrogen) atoms. The van der Waals surface area contributed by atoms with Crippen LogP contribution in [0.15, 0.2) is 41.6 Å². The van der Waals surface area contributed by atoms with Gasteiger partial charge in [-0.3, -0.25) is 4.79 Å². The maximum absolute atomic E-state index is 11.8. The van der Waals surface area contributed by atoms with E-state index in [0.29, 0.717) is 11.3 Å². The van der Waals surface area contributed by atoms with Crippen LogP contribution in [0.5, 0.6) is 0 Å². The summed E-state index contributed by atoms with van der Waals surface area (Å²) in [5, 5.41) is 21.0. The van der Waals surface area contributed by atoms with Gasteiger partial charge >= 0.3 is 0 Å². The van der Waals surface area contributed by atoms with E-state index in [-0.39, 0.29) is 5.91 Å². The molecule has 88 valence electrons. The number of allylic oxidation sites excluding steroid dienone is 2. The molecule has 0 saturated carbocycles. The van der Waals surface area contributed by atoms with Crippen molar-refractivity contribution in [2.45, 2.75) is 12.8 Å². The van der Waals surface area contributed by atoms with Gasteiger partial charge < -0.3 is 5.32 Å². The molecule has 1 aromatic carbocycles. The van der Waals surface area contributed by atoms with Crippen molar-refractivity contribution in [2.24, 2.45) is 5.92 Å². The molecule has 0 aromatic heterocycles. The van der Waals surface area contributed by atoms with Crippen LogP contribution in [-0.2, 0) is 4.79 Å². The molecular formula is C14H11N3O. The Labute approximate surface area is 105 Å². The van der Waals surface area contributed by atoms with Gasteiger partial charge in [-0.1, -0.05) is 30.3 Å². The third-order valence-electron chi connectivity index (χ3n) is 3.06. The number of carbonyl (C=O) groups excluding carboxylic acids is 1. The number of amides is 1. The first-order valence-corrected chi connectivity index (χ1v) is 5.55. The van der Waals surface area contributed by atoms with Gasteiger partial charge in [0.05, 0.1) is 17.7 Å². The molecule has 2 unspecified atom stereocenters. The van der Waals surface area contributed by atoms with Gasteiger partial charge in [-0.25, -0.2) is 0 Å². The van der Waals surface area contributed by atoms with Crippen LogP contribution in [0.1, 0.15) is 18.4 Å². The average molecular weight is 237 g/mol. The van der Waals surface area contributed by atoms with Gasteiger partial charge in [0.15, 0.2) is 0 Å². The van der Waals surface area contributed by atoms with E-state index in [1.807, 2.05) is 36.4 Å². The molecule has 2 rings (SSSR count). The number of rotatable bonds is 1. The second kappa shape index (κ2) is 4.73. The van der Waals surface area contributed by atoms with Crippen LogP contribution < -0.4 is 5.32 Å². The fraction of sp³-hybridized carbons (Fsp3) is 0.214. The van der Waals surface area contributed by atoms with Gasteiger partial charge in [-0.2, -0.15) is 10.5 Å². The molecule has 2 atom stereocenters. The molecule has 1 aliphatic heterocycles. The predicted octanol–water partition coefficient (Wildman–Crippen LogP) is 1.84. The maximum Gasteiger partial charge on any atom is 0.242 e. The van der Waals surface area contributed by atoms with Gasteiger partial charge in [0.2, 0.25) is 5.91 Å². The Bertz CT molecular complexity index is 590. The molecule has 1 aliphatic rings. The number of nitrogens with zero attached hydrogens (tertiary/aromatic N) is 2. The number of benzene rings is 1. The first kappa shape index (κ1) is 11.9. The fourth-order valence-electron chi connectivity index (χ4n) is 2.19. The second-order valence-electron chi connectivity index (χ2n) is 4.13. The summed E-state index contributed by atoms with van der Waals surface area (Å²) in [6.45, 7) is 1.68. The number of nitriles is 2. The van der Waals surface area contributed by atoms with Crippen molar-refractivity contribution in [1.82, 2.24) is 5.32 Å². The third kappa shape index (κ3) is 1.85. The van der Waals surface area contributed by atoms with Crippen LogP contribution in [0.3, 0.4) is 0 Å². The monoisotopic (exact) mass is 237 g/mol. The quantitative estimate of drug-likeness (QED) is 0.809. The molecule has 0 spiro atoms. The Morgan fingerprint density at radius 2 is 1.89 bits per heavy atom. The van der Waals surface area contributed by atoms with E-state index in [1.165, 1.54) is 0 Å². The molecule has 0 fully saturated rings. The molecule has 4 nitrogen and oxygen atoms in total. The van der Waals surface area contributed by atoms with Crippen molar-refractivity contribution in [3.63, 3.8) is 0 Å². The minimum Gasteiger partial charge on any atom is -0.328 e. The average Bonchev–Trinajstić information content (AvgIpc) is 2.39. The minimum absolute atomic E-state index is 0.345. The molecule has 1 amide bonds. The number of nitrogens with one attached hydrogen (secondary N) is 1. The highest BCUT2D eigenvalue weighted by Crippen LogP contribution is 2.35. The van der Waals surface area contributed by atoms with Crippen LogP contribution in [0.4, 0.5) is 0 Å². The largest absolute Gasteiger partial charge is 0.328 e. The van der Waals surface area contributed by atoms with Crippen molar-refractivity contribution in [1.29, 1.82) is 10.5 Å². The molecular weight excluding hydrogens is 226 g/mol. The third-order valence-corrected chi connectivity index (χ3v) is 3.06. The molecule has 1 aromatic rings. The van der Waals surface area contributed by atoms with E-state index in [0.717, 1.165) is 5.56 Å². The Balaban J connectivity index is 2.59. The lowest BCUT2D eigenvalue weighted by Crippen LogP contribution is -2.38. The molecule has 4 heteroatoms. The summed E-state index contributed by atoms with van der Waals surface area (Å²) in [5.41, 5.74) is 1.80. The molecule has 1 N–H and O–H groups in total. The maximum atomic E-state index is 11.8. The minimum atomic E-state index is -0.856. The number of hydrogen-bond acceptors (Lipinski definition) is 3. The topological polar surface area (TPSA) is 76.7 Å². The van der Waals surface area contributed by atoms with E-state index in [4.69, 9.17) is 5.26 Å². The van der Waals surface area contributed by atoms with Crippen LogP contribution in [0, 0.1) is 28.6 Å². The highest BCUT2D eigenvalue weighted by atomic mass is 16.1. The molecule has 0 saturated heterocycles. The standard InChI is InChI=1S/C14H11N3O/c1-9-11(7-15)13(10-5-3-2-4-6-10)12(8-16)14(18)17-9/h2-6,12-13H,1H3,(H,17,18). The fourth-order valence-corrected chi connectivity index (χ4v) is 2.19. The normalized spacial score (nSPS) is 22.9. The number of carbonyl (C=O) groups is 1. The molecule has 0 aliphatic carbocycles. The first-order valence-electron chi connectivity index (χ1n) is 5.55. The first-order chi connectivity index (χ1) is 8.69. The van der Waals surface area contributed by atoms with Gasteiger partial charge in [-0.05, 0) is 12.5 Å². The van der Waals surface area contributed by atoms with Crippen molar-refractivity contribution >= 4 is 5.91 Å². The summed E-state index contributed by atoms with van der Waals surface area (Å²) in [5.74, 6) is -1.68. The Morgan fingerprint density at radius 3 is 2.44 bits per heavy atom. The van der Waals surface area contributed by atoms with Crippen LogP contribution >= 0.6 is 0 Å². The Hall–Kier alpha value is -2.59. The van der Waals surface area contributed by atoms with Gasteiger partial charge in [0, 0.05) is 11.6 Å². The summed E-state index contributed by atoms with van der Waals surface area (Å²) in [7, 11) is 0. The second-order valence-corrected chi connectivity index (χ2v) is 4.13. The zero-order chi connectivity index (χ0) is 13.1. The predicted molar refractivity (Wildman–Crippen MR) is 64.7 cm³/mol. The van der Waals surface area contributed by atoms with Crippen LogP contribution in [0.2, 0.25) is 0 Å². The van der Waals surface area contributed by atoms with Gasteiger partial charge in [0.1, 0.15) is 5.92 Å². The summed E-state index contributed by atoms with van der Waals surface area (Å²) >= 11 is 0. The van der Waals surface area contributed by atoms with Crippen molar-refractivity contribution in [2.75, 3.05) is 0 Å². The van der Waals surface area contributed by atoms with E-state index in [9.17, 15) is 10.1 Å². The zero-order valence-electron chi connectivity index (χ0n) is 9.84. The smallest absolute Gasteiger partial charge is 0.242 e. The lowest BCUT2D eigenvalue weighted by atomic mass is 9.78. The lowest BCUT2D eigenvalue weighted by Gasteiger charge is -2.27. The highest BCUT2D eigenvalue weighted by molar-refractivity contribution is 5.86. The summed E-state index contributed by atoms with van der Waals surface area (Å²) < 4.78 is 0. The van der Waals surface area contributed by atoms with Crippen LogP contribution in [0.25, 0.3) is 0 Å². The van der Waals surface area contributed by atoms with Gasteiger partial charge in [-0.15, -0.1) is 0 Å². The zero-order valence-corrected chi connectivity index (χ0v) is 9.84. The number of hydrogen-bond donors (Lipinski definition) is 1. The Kier molecular flexibility index (Phi) is 3.12. The summed E-state index contributed by atoms with van der Waals surface area (Å²) in [6.07, 6.45) is 0. The Morgan fingerprint density at radius 1 is 1.22 bits per heavy atom. The van der Waals surface area contributed by atoms with Gasteiger partial charge in [0.25, 0.3) is 0 Å². The van der Waals surface area contributed by atoms with E-state index >= 15 is 0 Å². The van der Waals surface area contributed by atoms with Crippen molar-refractivity contribution in [3.8, 4) is 12.1 Å². The summed E-state index contributed by atoms with van der Waals surface area (Å²) in [6, 6.07) is 13.3. The molecule has 0 bridgehead atoms.